The Labute approximate surface area is 96.1 Å². The first-order valence-electron chi connectivity index (χ1n) is 4.69. The Hall–Kier alpha value is -1.06. The van der Waals surface area contributed by atoms with Gasteiger partial charge in [0.25, 0.3) is 0 Å². The lowest BCUT2D eigenvalue weighted by atomic mass is 10.0. The lowest BCUT2D eigenvalue weighted by Gasteiger charge is -2.01. The van der Waals surface area contributed by atoms with Crippen LogP contribution in [0.25, 0.3) is 0 Å². The number of thiophene rings is 1. The Bertz CT molecular complexity index is 528. The molecule has 2 heterocycles. The molecule has 0 saturated carbocycles. The third-order valence-corrected chi connectivity index (χ3v) is 4.68. The van der Waals surface area contributed by atoms with Crippen molar-refractivity contribution in [2.45, 2.75) is 10.6 Å². The summed E-state index contributed by atoms with van der Waals surface area (Å²) in [5.74, 6) is 1.09. The van der Waals surface area contributed by atoms with E-state index in [9.17, 15) is 4.79 Å². The van der Waals surface area contributed by atoms with Crippen LogP contribution in [0.15, 0.2) is 40.6 Å². The van der Waals surface area contributed by atoms with Gasteiger partial charge in [-0.3, -0.25) is 4.79 Å². The van der Waals surface area contributed by atoms with Crippen molar-refractivity contribution in [2.75, 3.05) is 0 Å². The first-order valence-corrected chi connectivity index (χ1v) is 6.55. The highest BCUT2D eigenvalue weighted by Crippen LogP contribution is 2.35. The molecule has 0 fully saturated rings. The van der Waals surface area contributed by atoms with Crippen molar-refractivity contribution in [2.24, 2.45) is 0 Å². The van der Waals surface area contributed by atoms with Gasteiger partial charge in [-0.1, -0.05) is 12.1 Å². The summed E-state index contributed by atoms with van der Waals surface area (Å²) in [5, 5.41) is 2.00. The molecule has 0 amide bonds. The Balaban J connectivity index is 2.22. The molecule has 1 aromatic heterocycles. The molecule has 1 nitrogen and oxygen atoms in total. The minimum atomic E-state index is 0.173. The van der Waals surface area contributed by atoms with Crippen molar-refractivity contribution >= 4 is 28.9 Å². The largest absolute Gasteiger partial charge is 0.289 e. The minimum absolute atomic E-state index is 0.173. The molecule has 3 rings (SSSR count). The predicted octanol–water partition coefficient (Wildman–Crippen LogP) is 3.58. The Morgan fingerprint density at radius 3 is 2.87 bits per heavy atom. The average Bonchev–Trinajstić information content (AvgIpc) is 2.69. The van der Waals surface area contributed by atoms with Crippen LogP contribution >= 0.6 is 23.1 Å². The van der Waals surface area contributed by atoms with Crippen molar-refractivity contribution in [1.29, 1.82) is 0 Å². The van der Waals surface area contributed by atoms with E-state index in [0.717, 1.165) is 21.8 Å². The van der Waals surface area contributed by atoms with E-state index in [1.54, 1.807) is 23.1 Å². The summed E-state index contributed by atoms with van der Waals surface area (Å²) < 4.78 is 0. The van der Waals surface area contributed by atoms with Crippen LogP contribution in [0.4, 0.5) is 0 Å². The standard InChI is InChI=1S/C12H8OS2/c13-12-8-3-1-2-4-10(8)15-7-11-9(12)5-6-14-11/h1-6H,7H2. The van der Waals surface area contributed by atoms with Crippen LogP contribution in [-0.2, 0) is 5.75 Å². The zero-order valence-electron chi connectivity index (χ0n) is 7.90. The maximum atomic E-state index is 12.2. The quantitative estimate of drug-likeness (QED) is 0.690. The molecule has 0 atom stereocenters. The fourth-order valence-electron chi connectivity index (χ4n) is 1.72. The number of rotatable bonds is 0. The number of hydrogen-bond acceptors (Lipinski definition) is 3. The van der Waals surface area contributed by atoms with Crippen LogP contribution in [0.1, 0.15) is 20.8 Å². The Morgan fingerprint density at radius 1 is 1.07 bits per heavy atom. The van der Waals surface area contributed by atoms with E-state index in [0.29, 0.717) is 0 Å². The van der Waals surface area contributed by atoms with Gasteiger partial charge in [0.1, 0.15) is 0 Å². The highest BCUT2D eigenvalue weighted by atomic mass is 32.2. The summed E-state index contributed by atoms with van der Waals surface area (Å²) in [7, 11) is 0. The second-order valence-electron chi connectivity index (χ2n) is 3.37. The molecule has 0 spiro atoms. The van der Waals surface area contributed by atoms with Gasteiger partial charge in [0.2, 0.25) is 0 Å². The topological polar surface area (TPSA) is 17.1 Å². The maximum absolute atomic E-state index is 12.2. The van der Waals surface area contributed by atoms with E-state index in [-0.39, 0.29) is 5.78 Å². The molecular weight excluding hydrogens is 224 g/mol. The Morgan fingerprint density at radius 2 is 1.93 bits per heavy atom. The zero-order chi connectivity index (χ0) is 10.3. The predicted molar refractivity (Wildman–Crippen MR) is 63.8 cm³/mol. The normalized spacial score (nSPS) is 14.3. The summed E-state index contributed by atoms with van der Waals surface area (Å²) in [6.07, 6.45) is 0. The molecule has 1 aliphatic rings. The average molecular weight is 232 g/mol. The fourth-order valence-corrected chi connectivity index (χ4v) is 3.76. The number of carbonyl (C=O) groups is 1. The first-order chi connectivity index (χ1) is 7.36. The molecule has 1 aromatic carbocycles. The van der Waals surface area contributed by atoms with E-state index in [4.69, 9.17) is 0 Å². The molecule has 0 radical (unpaired) electrons. The molecule has 2 aromatic rings. The van der Waals surface area contributed by atoms with Gasteiger partial charge in [-0.25, -0.2) is 0 Å². The minimum Gasteiger partial charge on any atom is -0.289 e. The third-order valence-electron chi connectivity index (χ3n) is 2.48. The van der Waals surface area contributed by atoms with Gasteiger partial charge < -0.3 is 0 Å². The smallest absolute Gasteiger partial charge is 0.195 e. The van der Waals surface area contributed by atoms with E-state index in [1.165, 1.54) is 4.88 Å². The number of carbonyl (C=O) groups excluding carboxylic acids is 1. The van der Waals surface area contributed by atoms with Gasteiger partial charge in [0.05, 0.1) is 0 Å². The molecule has 3 heteroatoms. The summed E-state index contributed by atoms with van der Waals surface area (Å²) in [5.41, 5.74) is 1.73. The third kappa shape index (κ3) is 1.43. The van der Waals surface area contributed by atoms with Crippen LogP contribution in [0, 0.1) is 0 Å². The van der Waals surface area contributed by atoms with Crippen LogP contribution in [0.5, 0.6) is 0 Å². The fraction of sp³-hybridized carbons (Fsp3) is 0.0833. The van der Waals surface area contributed by atoms with Gasteiger partial charge in [0.15, 0.2) is 5.78 Å². The molecular formula is C12H8OS2. The van der Waals surface area contributed by atoms with Gasteiger partial charge >= 0.3 is 0 Å². The van der Waals surface area contributed by atoms with Crippen LogP contribution in [0.2, 0.25) is 0 Å². The number of thioether (sulfide) groups is 1. The highest BCUT2D eigenvalue weighted by Gasteiger charge is 2.21. The second kappa shape index (κ2) is 3.51. The Kier molecular flexibility index (Phi) is 2.15. The summed E-state index contributed by atoms with van der Waals surface area (Å²) in [6.45, 7) is 0. The van der Waals surface area contributed by atoms with E-state index < -0.39 is 0 Å². The number of ketones is 1. The number of benzene rings is 1. The zero-order valence-corrected chi connectivity index (χ0v) is 9.53. The molecule has 0 aliphatic carbocycles. The summed E-state index contributed by atoms with van der Waals surface area (Å²) in [6, 6.07) is 9.78. The molecule has 1 aliphatic heterocycles. The van der Waals surface area contributed by atoms with E-state index in [1.807, 2.05) is 35.7 Å². The van der Waals surface area contributed by atoms with Crippen LogP contribution < -0.4 is 0 Å². The van der Waals surface area contributed by atoms with E-state index in [2.05, 4.69) is 0 Å². The van der Waals surface area contributed by atoms with Crippen LogP contribution in [-0.4, -0.2) is 5.78 Å². The number of hydrogen-bond donors (Lipinski definition) is 0. The molecule has 0 bridgehead atoms. The lowest BCUT2D eigenvalue weighted by molar-refractivity contribution is 0.103. The van der Waals surface area contributed by atoms with Gasteiger partial charge in [-0.05, 0) is 23.6 Å². The van der Waals surface area contributed by atoms with Crippen molar-refractivity contribution in [3.63, 3.8) is 0 Å². The van der Waals surface area contributed by atoms with Crippen molar-refractivity contribution in [3.8, 4) is 0 Å². The SMILES string of the molecule is O=C1c2ccccc2SCc2sccc21. The second-order valence-corrected chi connectivity index (χ2v) is 5.39. The molecule has 15 heavy (non-hydrogen) atoms. The van der Waals surface area contributed by atoms with Gasteiger partial charge in [0, 0.05) is 26.7 Å². The first kappa shape index (κ1) is 9.19. The molecule has 0 unspecified atom stereocenters. The monoisotopic (exact) mass is 232 g/mol. The summed E-state index contributed by atoms with van der Waals surface area (Å²) in [4.78, 5) is 14.5. The number of fused-ring (bicyclic) bond motifs is 2. The van der Waals surface area contributed by atoms with Crippen molar-refractivity contribution < 1.29 is 4.79 Å². The molecule has 0 saturated heterocycles. The lowest BCUT2D eigenvalue weighted by Crippen LogP contribution is -2.00. The van der Waals surface area contributed by atoms with Crippen molar-refractivity contribution in [3.05, 3.63) is 51.7 Å². The summed E-state index contributed by atoms with van der Waals surface area (Å²) >= 11 is 3.42. The van der Waals surface area contributed by atoms with Gasteiger partial charge in [-0.15, -0.1) is 23.1 Å². The molecule has 0 N–H and O–H groups in total. The van der Waals surface area contributed by atoms with Crippen molar-refractivity contribution in [1.82, 2.24) is 0 Å². The van der Waals surface area contributed by atoms with Crippen LogP contribution in [0.3, 0.4) is 0 Å². The molecule has 74 valence electrons. The maximum Gasteiger partial charge on any atom is 0.195 e. The van der Waals surface area contributed by atoms with E-state index >= 15 is 0 Å². The highest BCUT2D eigenvalue weighted by molar-refractivity contribution is 7.98. The van der Waals surface area contributed by atoms with Gasteiger partial charge in [-0.2, -0.15) is 0 Å².